The summed E-state index contributed by atoms with van der Waals surface area (Å²) in [5.74, 6) is -0.987. The largest absolute Gasteiger partial charge is 0.478 e. The van der Waals surface area contributed by atoms with Crippen molar-refractivity contribution < 1.29 is 23.8 Å². The third-order valence-corrected chi connectivity index (χ3v) is 5.87. The SMILES string of the molecule is CC(C)(C)OC(=O)Nc1cnc2[nH]cc(C3=CCC=C3)c2c1.O=C(O)c1cnc2[nH]cc(-c3ccoc3)c2c1. The number of H-pyrrole nitrogens is 2. The highest BCUT2D eigenvalue weighted by Gasteiger charge is 2.17. The fourth-order valence-corrected chi connectivity index (χ4v) is 4.17. The summed E-state index contributed by atoms with van der Waals surface area (Å²) < 4.78 is 10.3. The van der Waals surface area contributed by atoms with Gasteiger partial charge in [0.25, 0.3) is 0 Å². The average Bonchev–Trinajstić information content (AvgIpc) is 3.69. The predicted molar refractivity (Wildman–Crippen MR) is 148 cm³/mol. The fraction of sp³-hybridized carbons (Fsp3) is 0.172. The van der Waals surface area contributed by atoms with E-state index >= 15 is 0 Å². The van der Waals surface area contributed by atoms with E-state index in [0.717, 1.165) is 39.5 Å². The molecule has 0 aromatic carbocycles. The number of carbonyl (C=O) groups excluding carboxylic acids is 1. The molecule has 10 heteroatoms. The number of anilines is 1. The van der Waals surface area contributed by atoms with Crippen LogP contribution in [0.15, 0.2) is 78.2 Å². The second-order valence-corrected chi connectivity index (χ2v) is 9.89. The number of nitrogens with one attached hydrogen (secondary N) is 3. The number of allylic oxidation sites excluding steroid dienone is 4. The van der Waals surface area contributed by atoms with Crippen LogP contribution in [0.2, 0.25) is 0 Å². The Morgan fingerprint density at radius 3 is 2.41 bits per heavy atom. The van der Waals surface area contributed by atoms with E-state index in [0.29, 0.717) is 11.3 Å². The molecule has 4 N–H and O–H groups in total. The van der Waals surface area contributed by atoms with Crippen molar-refractivity contribution in [3.05, 3.63) is 84.9 Å². The zero-order valence-corrected chi connectivity index (χ0v) is 21.6. The average molecular weight is 526 g/mol. The van der Waals surface area contributed by atoms with Gasteiger partial charge < -0.3 is 24.2 Å². The van der Waals surface area contributed by atoms with E-state index < -0.39 is 17.7 Å². The lowest BCUT2D eigenvalue weighted by Crippen LogP contribution is -2.27. The molecule has 0 aliphatic heterocycles. The Balaban J connectivity index is 0.000000163. The minimum atomic E-state index is -0.987. The first-order chi connectivity index (χ1) is 18.7. The summed E-state index contributed by atoms with van der Waals surface area (Å²) in [5, 5.41) is 13.4. The first-order valence-corrected chi connectivity index (χ1v) is 12.2. The van der Waals surface area contributed by atoms with Crippen molar-refractivity contribution in [3.63, 3.8) is 0 Å². The first-order valence-electron chi connectivity index (χ1n) is 12.2. The van der Waals surface area contributed by atoms with Gasteiger partial charge in [-0.1, -0.05) is 18.2 Å². The molecule has 1 aliphatic rings. The van der Waals surface area contributed by atoms with E-state index in [2.05, 4.69) is 43.5 Å². The molecule has 0 atom stereocenters. The number of hydrogen-bond acceptors (Lipinski definition) is 6. The van der Waals surface area contributed by atoms with Gasteiger partial charge in [0, 0.05) is 46.1 Å². The Kier molecular flexibility index (Phi) is 6.76. The van der Waals surface area contributed by atoms with Gasteiger partial charge in [-0.2, -0.15) is 0 Å². The molecule has 198 valence electrons. The topological polar surface area (TPSA) is 146 Å². The summed E-state index contributed by atoms with van der Waals surface area (Å²) in [6.07, 6.45) is 16.7. The molecule has 0 fully saturated rings. The normalized spacial score (nSPS) is 12.7. The van der Waals surface area contributed by atoms with E-state index in [1.54, 1.807) is 31.0 Å². The molecule has 5 heterocycles. The third kappa shape index (κ3) is 5.74. The van der Waals surface area contributed by atoms with E-state index in [1.165, 1.54) is 11.8 Å². The molecule has 39 heavy (non-hydrogen) atoms. The monoisotopic (exact) mass is 525 g/mol. The van der Waals surface area contributed by atoms with Crippen LogP contribution >= 0.6 is 0 Å². The lowest BCUT2D eigenvalue weighted by atomic mass is 10.1. The summed E-state index contributed by atoms with van der Waals surface area (Å²) in [6, 6.07) is 5.32. The molecule has 0 saturated heterocycles. The number of carboxylic acid groups (broad SMARTS) is 1. The zero-order valence-electron chi connectivity index (χ0n) is 21.6. The number of aromatic nitrogens is 4. The van der Waals surface area contributed by atoms with Gasteiger partial charge in [0.05, 0.1) is 30.0 Å². The van der Waals surface area contributed by atoms with Crippen LogP contribution in [-0.4, -0.2) is 42.7 Å². The minimum absolute atomic E-state index is 0.168. The van der Waals surface area contributed by atoms with E-state index in [1.807, 2.05) is 39.1 Å². The molecule has 0 radical (unpaired) electrons. The fourth-order valence-electron chi connectivity index (χ4n) is 4.17. The molecule has 5 aromatic rings. The lowest BCUT2D eigenvalue weighted by molar-refractivity contribution is 0.0634. The number of nitrogens with zero attached hydrogens (tertiary/aromatic N) is 2. The minimum Gasteiger partial charge on any atom is -0.478 e. The summed E-state index contributed by atoms with van der Waals surface area (Å²) in [5.41, 5.74) is 5.74. The Morgan fingerprint density at radius 2 is 1.77 bits per heavy atom. The van der Waals surface area contributed by atoms with Crippen LogP contribution in [-0.2, 0) is 4.74 Å². The summed E-state index contributed by atoms with van der Waals surface area (Å²) in [6.45, 7) is 5.49. The van der Waals surface area contributed by atoms with Crippen LogP contribution < -0.4 is 5.32 Å². The number of aromatic amines is 2. The smallest absolute Gasteiger partial charge is 0.412 e. The van der Waals surface area contributed by atoms with Crippen LogP contribution in [0.5, 0.6) is 0 Å². The van der Waals surface area contributed by atoms with Crippen molar-refractivity contribution in [2.75, 3.05) is 5.32 Å². The molecule has 0 unspecified atom stereocenters. The van der Waals surface area contributed by atoms with Gasteiger partial charge in [0.15, 0.2) is 0 Å². The number of ether oxygens (including phenoxy) is 1. The van der Waals surface area contributed by atoms with E-state index in [9.17, 15) is 9.59 Å². The molecule has 5 aromatic heterocycles. The van der Waals surface area contributed by atoms with Crippen LogP contribution in [0.4, 0.5) is 10.5 Å². The maximum atomic E-state index is 11.9. The zero-order chi connectivity index (χ0) is 27.6. The van der Waals surface area contributed by atoms with Gasteiger partial charge >= 0.3 is 12.1 Å². The quantitative estimate of drug-likeness (QED) is 0.202. The van der Waals surface area contributed by atoms with Gasteiger partial charge in [-0.25, -0.2) is 19.6 Å². The second kappa shape index (κ2) is 10.3. The number of amides is 1. The van der Waals surface area contributed by atoms with Crippen molar-refractivity contribution in [2.24, 2.45) is 0 Å². The third-order valence-electron chi connectivity index (χ3n) is 5.87. The maximum Gasteiger partial charge on any atom is 0.412 e. The highest BCUT2D eigenvalue weighted by Crippen LogP contribution is 2.30. The number of rotatable bonds is 4. The summed E-state index contributed by atoms with van der Waals surface area (Å²) in [7, 11) is 0. The first kappa shape index (κ1) is 25.5. The number of hydrogen-bond donors (Lipinski definition) is 4. The van der Waals surface area contributed by atoms with Gasteiger partial charge in [0.2, 0.25) is 0 Å². The van der Waals surface area contributed by atoms with Crippen LogP contribution in [0.1, 0.15) is 43.1 Å². The molecule has 10 nitrogen and oxygen atoms in total. The van der Waals surface area contributed by atoms with Crippen molar-refractivity contribution in [3.8, 4) is 11.1 Å². The van der Waals surface area contributed by atoms with Gasteiger partial charge in [-0.15, -0.1) is 0 Å². The van der Waals surface area contributed by atoms with Crippen molar-refractivity contribution in [1.29, 1.82) is 0 Å². The molecule has 0 bridgehead atoms. The van der Waals surface area contributed by atoms with Gasteiger partial charge in [0.1, 0.15) is 16.9 Å². The molecule has 0 saturated carbocycles. The molecular weight excluding hydrogens is 498 g/mol. The molecular formula is C29H27N5O5. The Labute approximate surface area is 223 Å². The Hall–Kier alpha value is -5.12. The van der Waals surface area contributed by atoms with E-state index in [4.69, 9.17) is 14.3 Å². The standard InChI is InChI=1S/C17H19N3O2.C12H8N2O3/c1-17(2,3)22-16(21)20-12-8-13-14(11-6-4-5-7-11)10-19-15(13)18-9-12;15-12(16)8-3-9-10(7-1-2-17-6-7)5-14-11(9)13-4-8/h4,6-10H,5H2,1-3H3,(H,18,19)(H,20,21);1-6H,(H,13,14)(H,15,16). The molecule has 1 aliphatic carbocycles. The van der Waals surface area contributed by atoms with Gasteiger partial charge in [-0.05, 0) is 51.0 Å². The van der Waals surface area contributed by atoms with Crippen molar-refractivity contribution in [2.45, 2.75) is 32.8 Å². The number of carbonyl (C=O) groups is 2. The van der Waals surface area contributed by atoms with Crippen molar-refractivity contribution >= 4 is 45.4 Å². The number of pyridine rings is 2. The van der Waals surface area contributed by atoms with E-state index in [-0.39, 0.29) is 5.56 Å². The summed E-state index contributed by atoms with van der Waals surface area (Å²) >= 11 is 0. The van der Waals surface area contributed by atoms with Crippen LogP contribution in [0, 0.1) is 0 Å². The molecule has 0 spiro atoms. The lowest BCUT2D eigenvalue weighted by Gasteiger charge is -2.19. The second-order valence-electron chi connectivity index (χ2n) is 9.89. The number of fused-ring (bicyclic) bond motifs is 2. The number of carboxylic acids is 1. The van der Waals surface area contributed by atoms with Crippen molar-refractivity contribution in [1.82, 2.24) is 19.9 Å². The maximum absolute atomic E-state index is 11.9. The van der Waals surface area contributed by atoms with Crippen LogP contribution in [0.3, 0.4) is 0 Å². The number of aromatic carboxylic acids is 1. The Bertz CT molecular complexity index is 1720. The molecule has 1 amide bonds. The Morgan fingerprint density at radius 1 is 1.05 bits per heavy atom. The highest BCUT2D eigenvalue weighted by atomic mass is 16.6. The predicted octanol–water partition coefficient (Wildman–Crippen LogP) is 6.77. The van der Waals surface area contributed by atoms with Crippen LogP contribution in [0.25, 0.3) is 38.8 Å². The van der Waals surface area contributed by atoms with Gasteiger partial charge in [-0.3, -0.25) is 5.32 Å². The summed E-state index contributed by atoms with van der Waals surface area (Å²) in [4.78, 5) is 37.3. The molecule has 6 rings (SSSR count). The number of furan rings is 1. The highest BCUT2D eigenvalue weighted by molar-refractivity contribution is 5.99.